The lowest BCUT2D eigenvalue weighted by Crippen LogP contribution is -2.45. The molecule has 6 rings (SSSR count). The van der Waals surface area contributed by atoms with E-state index in [-0.39, 0.29) is 19.6 Å². The van der Waals surface area contributed by atoms with E-state index >= 15 is 13.7 Å². The quantitative estimate of drug-likeness (QED) is 0.0560. The number of nitrogens with one attached hydrogen (secondary N) is 1. The van der Waals surface area contributed by atoms with E-state index in [1.165, 1.54) is 0 Å². The normalized spacial score (nSPS) is 12.6. The van der Waals surface area contributed by atoms with Gasteiger partial charge < -0.3 is 13.3 Å². The first kappa shape index (κ1) is 44.5. The Balaban J connectivity index is 1.43. The van der Waals surface area contributed by atoms with Crippen molar-refractivity contribution in [3.05, 3.63) is 182 Å². The number of hydrogen-bond donors (Lipinski definition) is 1. The van der Waals surface area contributed by atoms with E-state index < -0.39 is 30.7 Å². The van der Waals surface area contributed by atoms with Crippen LogP contribution in [0, 0.1) is 0 Å². The molecule has 0 aliphatic carbocycles. The summed E-state index contributed by atoms with van der Waals surface area (Å²) in [4.78, 5) is 0. The van der Waals surface area contributed by atoms with Gasteiger partial charge in [-0.25, -0.2) is 9.34 Å². The van der Waals surface area contributed by atoms with Gasteiger partial charge in [-0.05, 0) is 79.2 Å². The predicted octanol–water partition coefficient (Wildman–Crippen LogP) is 7.24. The highest BCUT2D eigenvalue weighted by Gasteiger charge is 2.41. The Hall–Kier alpha value is -4.01. The van der Waals surface area contributed by atoms with Crippen molar-refractivity contribution in [3.63, 3.8) is 0 Å². The maximum atomic E-state index is 16.2. The molecule has 13 heteroatoms. The van der Waals surface area contributed by atoms with Crippen LogP contribution in [0.5, 0.6) is 0 Å². The Morgan fingerprint density at radius 1 is 0.424 bits per heavy atom. The molecule has 0 unspecified atom stereocenters. The molecule has 0 saturated heterocycles. The molecule has 59 heavy (non-hydrogen) atoms. The average Bonchev–Trinajstić information content (AvgIpc) is 3.32. The maximum Gasteiger partial charge on any atom is 0.500 e. The second kappa shape index (κ2) is 21.0. The average molecular weight is 866 g/mol. The lowest BCUT2D eigenvalue weighted by atomic mass is 10.4. The monoisotopic (exact) mass is 865 g/mol. The van der Waals surface area contributed by atoms with E-state index in [2.05, 4.69) is 9.76 Å². The summed E-state index contributed by atoms with van der Waals surface area (Å²) in [6.07, 6.45) is 0.569. The standard InChI is InChI=1S/C46H54N3O6P3Si/c1-53-59(54-2,55-3)40-22-36-48(57(51,43-27-14-6-15-28-43)44-29-16-7-17-30-44)38-39-49(58(52,45-31-18-8-19-32-45)46-33-20-9-21-34-46)37-35-47-56(50,41-23-10-4-11-24-41)42-25-12-5-13-26-42/h4-21,23-34H,22,35-40H2,1-3H3,(H,47,50). The van der Waals surface area contributed by atoms with Gasteiger partial charge in [0.1, 0.15) is 0 Å². The topological polar surface area (TPSA) is 97.4 Å². The molecule has 0 saturated carbocycles. The van der Waals surface area contributed by atoms with Gasteiger partial charge in [0, 0.05) is 91.9 Å². The van der Waals surface area contributed by atoms with Gasteiger partial charge in [0.05, 0.1) is 0 Å². The summed E-state index contributed by atoms with van der Waals surface area (Å²) < 4.78 is 68.7. The van der Waals surface area contributed by atoms with Crippen LogP contribution in [0.2, 0.25) is 6.04 Å². The molecule has 308 valence electrons. The van der Waals surface area contributed by atoms with Crippen LogP contribution in [0.15, 0.2) is 182 Å². The SMILES string of the molecule is CO[Si](CCCN(CCN(CCNP(=O)(c1ccccc1)c1ccccc1)P(=O)(c1ccccc1)c1ccccc1)P(=O)(c1ccccc1)c1ccccc1)(OC)OC. The van der Waals surface area contributed by atoms with Crippen LogP contribution in [0.4, 0.5) is 0 Å². The minimum absolute atomic E-state index is 0.253. The third kappa shape index (κ3) is 10.1. The van der Waals surface area contributed by atoms with Crippen LogP contribution in [0.25, 0.3) is 0 Å². The summed E-state index contributed by atoms with van der Waals surface area (Å²) >= 11 is 0. The van der Waals surface area contributed by atoms with Crippen molar-refractivity contribution in [1.29, 1.82) is 0 Å². The smallest absolute Gasteiger partial charge is 0.377 e. The molecule has 1 N–H and O–H groups in total. The summed E-state index contributed by atoms with van der Waals surface area (Å²) in [5.41, 5.74) is 0. The Morgan fingerprint density at radius 2 is 0.712 bits per heavy atom. The second-order valence-electron chi connectivity index (χ2n) is 14.0. The van der Waals surface area contributed by atoms with Crippen molar-refractivity contribution in [2.24, 2.45) is 0 Å². The van der Waals surface area contributed by atoms with Crippen LogP contribution >= 0.6 is 21.9 Å². The van der Waals surface area contributed by atoms with Crippen LogP contribution in [-0.4, -0.2) is 72.2 Å². The summed E-state index contributed by atoms with van der Waals surface area (Å²) in [5.74, 6) is 0. The van der Waals surface area contributed by atoms with Gasteiger partial charge in [0.2, 0.25) is 21.9 Å². The number of rotatable bonds is 22. The maximum absolute atomic E-state index is 16.2. The molecule has 0 atom stereocenters. The number of benzene rings is 6. The Labute approximate surface area is 351 Å². The van der Waals surface area contributed by atoms with Crippen LogP contribution in [0.3, 0.4) is 0 Å². The lowest BCUT2D eigenvalue weighted by Gasteiger charge is -2.37. The minimum Gasteiger partial charge on any atom is -0.377 e. The van der Waals surface area contributed by atoms with E-state index in [0.29, 0.717) is 57.4 Å². The third-order valence-corrected chi connectivity index (χ3v) is 22.6. The largest absolute Gasteiger partial charge is 0.500 e. The molecule has 6 aromatic rings. The zero-order valence-corrected chi connectivity index (χ0v) is 37.6. The summed E-state index contributed by atoms with van der Waals surface area (Å²) in [5, 5.41) is 7.60. The summed E-state index contributed by atoms with van der Waals surface area (Å²) in [6.45, 7) is 1.50. The fourth-order valence-electron chi connectivity index (χ4n) is 7.47. The van der Waals surface area contributed by atoms with Gasteiger partial charge in [-0.15, -0.1) is 0 Å². The molecule has 0 aliphatic rings. The predicted molar refractivity (Wildman–Crippen MR) is 247 cm³/mol. The van der Waals surface area contributed by atoms with Crippen molar-refractivity contribution in [2.45, 2.75) is 12.5 Å². The molecular formula is C46H54N3O6P3Si. The van der Waals surface area contributed by atoms with E-state index in [0.717, 1.165) is 0 Å². The third-order valence-electron chi connectivity index (χ3n) is 10.6. The van der Waals surface area contributed by atoms with Crippen molar-refractivity contribution in [2.75, 3.05) is 54.1 Å². The van der Waals surface area contributed by atoms with Gasteiger partial charge in [-0.1, -0.05) is 109 Å². The van der Waals surface area contributed by atoms with E-state index in [1.807, 2.05) is 187 Å². The van der Waals surface area contributed by atoms with Gasteiger partial charge in [0.15, 0.2) is 0 Å². The number of nitrogens with zero attached hydrogens (tertiary/aromatic N) is 2. The molecule has 0 fully saturated rings. The van der Waals surface area contributed by atoms with Crippen molar-refractivity contribution in [1.82, 2.24) is 14.4 Å². The van der Waals surface area contributed by atoms with E-state index in [1.54, 1.807) is 21.3 Å². The summed E-state index contributed by atoms with van der Waals surface area (Å²) in [7, 11) is -8.50. The Kier molecular flexibility index (Phi) is 15.8. The van der Waals surface area contributed by atoms with Crippen molar-refractivity contribution >= 4 is 62.5 Å². The first-order valence-electron chi connectivity index (χ1n) is 19.8. The van der Waals surface area contributed by atoms with Gasteiger partial charge in [-0.2, -0.15) is 0 Å². The molecule has 0 spiro atoms. The molecule has 0 radical (unpaired) electrons. The molecular weight excluding hydrogens is 812 g/mol. The molecule has 0 bridgehead atoms. The molecule has 0 aromatic heterocycles. The van der Waals surface area contributed by atoms with Gasteiger partial charge >= 0.3 is 8.80 Å². The first-order valence-corrected chi connectivity index (χ1v) is 26.7. The Bertz CT molecular complexity index is 2170. The highest BCUT2D eigenvalue weighted by atomic mass is 31.2. The van der Waals surface area contributed by atoms with E-state index in [4.69, 9.17) is 13.3 Å². The zero-order chi connectivity index (χ0) is 41.6. The molecule has 0 amide bonds. The van der Waals surface area contributed by atoms with Crippen LogP contribution in [-0.2, 0) is 27.0 Å². The molecule has 6 aromatic carbocycles. The minimum atomic E-state index is -3.55. The highest BCUT2D eigenvalue weighted by Crippen LogP contribution is 2.50. The first-order chi connectivity index (χ1) is 28.7. The summed E-state index contributed by atoms with van der Waals surface area (Å²) in [6, 6.07) is 57.7. The van der Waals surface area contributed by atoms with Crippen LogP contribution in [0.1, 0.15) is 6.42 Å². The van der Waals surface area contributed by atoms with Crippen molar-refractivity contribution < 1.29 is 27.0 Å². The molecule has 0 heterocycles. The fraction of sp³-hybridized carbons (Fsp3) is 0.217. The Morgan fingerprint density at radius 3 is 1.02 bits per heavy atom. The highest BCUT2D eigenvalue weighted by molar-refractivity contribution is 7.77. The van der Waals surface area contributed by atoms with Crippen molar-refractivity contribution in [3.8, 4) is 0 Å². The van der Waals surface area contributed by atoms with E-state index in [9.17, 15) is 0 Å². The zero-order valence-electron chi connectivity index (χ0n) is 34.0. The molecule has 0 aliphatic heterocycles. The lowest BCUT2D eigenvalue weighted by molar-refractivity contribution is 0.122. The molecule has 9 nitrogen and oxygen atoms in total. The number of hydrogen-bond acceptors (Lipinski definition) is 6. The van der Waals surface area contributed by atoms with Gasteiger partial charge in [-0.3, -0.25) is 18.8 Å². The second-order valence-corrected chi connectivity index (χ2v) is 25.1. The fourth-order valence-corrected chi connectivity index (χ4v) is 17.2. The van der Waals surface area contributed by atoms with Crippen LogP contribution < -0.4 is 36.9 Å². The van der Waals surface area contributed by atoms with Gasteiger partial charge in [0.25, 0.3) is 0 Å².